The van der Waals surface area contributed by atoms with Crippen molar-refractivity contribution in [2.45, 2.75) is 51.7 Å². The molecule has 0 radical (unpaired) electrons. The van der Waals surface area contributed by atoms with E-state index in [0.717, 1.165) is 29.7 Å². The maximum absolute atomic E-state index is 13.4. The van der Waals surface area contributed by atoms with Crippen LogP contribution in [0.25, 0.3) is 0 Å². The van der Waals surface area contributed by atoms with Crippen LogP contribution in [-0.2, 0) is 24.6 Å². The van der Waals surface area contributed by atoms with Gasteiger partial charge in [0.05, 0.1) is 5.56 Å². The van der Waals surface area contributed by atoms with Crippen LogP contribution >= 0.6 is 23.2 Å². The Bertz CT molecular complexity index is 1160. The Morgan fingerprint density at radius 3 is 2.00 bits per heavy atom. The molecule has 2 nitrogen and oxygen atoms in total. The van der Waals surface area contributed by atoms with Crippen molar-refractivity contribution in [2.24, 2.45) is 0 Å². The van der Waals surface area contributed by atoms with E-state index in [0.29, 0.717) is 18.0 Å². The molecule has 0 aliphatic carbocycles. The van der Waals surface area contributed by atoms with Crippen LogP contribution in [0, 0.1) is 0 Å². The van der Waals surface area contributed by atoms with Crippen molar-refractivity contribution in [3.8, 4) is 0 Å². The molecule has 0 spiro atoms. The summed E-state index contributed by atoms with van der Waals surface area (Å²) >= 11 is 11.9. The van der Waals surface area contributed by atoms with Crippen molar-refractivity contribution in [3.05, 3.63) is 105 Å². The Morgan fingerprint density at radius 2 is 1.43 bits per heavy atom. The summed E-state index contributed by atoms with van der Waals surface area (Å²) < 4.78 is 40.0. The molecule has 7 heteroatoms. The van der Waals surface area contributed by atoms with Crippen LogP contribution in [0.1, 0.15) is 59.8 Å². The number of carbonyl (C=O) groups is 1. The zero-order valence-electron chi connectivity index (χ0n) is 19.9. The van der Waals surface area contributed by atoms with Gasteiger partial charge in [-0.15, -0.1) is 0 Å². The number of hydrogen-bond acceptors (Lipinski definition) is 1. The molecule has 0 atom stereocenters. The third-order valence-corrected chi connectivity index (χ3v) is 6.81. The first-order valence-electron chi connectivity index (χ1n) is 11.4. The van der Waals surface area contributed by atoms with E-state index >= 15 is 0 Å². The molecule has 0 aromatic heterocycles. The molecule has 0 fully saturated rings. The van der Waals surface area contributed by atoms with Gasteiger partial charge in [-0.25, -0.2) is 0 Å². The van der Waals surface area contributed by atoms with Gasteiger partial charge in [0.15, 0.2) is 0 Å². The third-order valence-electron chi connectivity index (χ3n) is 6.34. The van der Waals surface area contributed by atoms with Gasteiger partial charge in [-0.1, -0.05) is 80.4 Å². The molecule has 0 aliphatic heterocycles. The van der Waals surface area contributed by atoms with Crippen LogP contribution in [0.15, 0.2) is 66.7 Å². The molecule has 0 aliphatic rings. The predicted molar refractivity (Wildman–Crippen MR) is 136 cm³/mol. The number of hydrogen-bond donors (Lipinski definition) is 0. The highest BCUT2D eigenvalue weighted by Crippen LogP contribution is 2.32. The summed E-state index contributed by atoms with van der Waals surface area (Å²) in [5.74, 6) is -0.509. The van der Waals surface area contributed by atoms with Crippen LogP contribution in [0.4, 0.5) is 13.2 Å². The van der Waals surface area contributed by atoms with Crippen molar-refractivity contribution >= 4 is 29.1 Å². The van der Waals surface area contributed by atoms with E-state index in [1.54, 1.807) is 17.0 Å². The van der Waals surface area contributed by atoms with E-state index in [9.17, 15) is 18.0 Å². The van der Waals surface area contributed by atoms with Crippen LogP contribution in [0.3, 0.4) is 0 Å². The fourth-order valence-electron chi connectivity index (χ4n) is 3.71. The number of nitrogens with zero attached hydrogens (tertiary/aromatic N) is 1. The summed E-state index contributed by atoms with van der Waals surface area (Å²) in [6.45, 7) is 7.04. The number of halogens is 5. The molecule has 186 valence electrons. The summed E-state index contributed by atoms with van der Waals surface area (Å²) in [6, 6.07) is 18.3. The van der Waals surface area contributed by atoms with Gasteiger partial charge in [-0.3, -0.25) is 4.79 Å². The molecular formula is C28H28Cl2F3NO. The van der Waals surface area contributed by atoms with Crippen LogP contribution < -0.4 is 0 Å². The van der Waals surface area contributed by atoms with E-state index < -0.39 is 17.6 Å². The lowest BCUT2D eigenvalue weighted by atomic mass is 9.82. The standard InChI is InChI=1S/C28H28Cl2F3NO/c1-4-27(2,3)22-9-5-20(6-10-22)18-34(14-13-19-7-11-24(29)12-8-19)26(35)21-15-23(28(31,32)33)17-25(30)16-21/h5-12,15-17H,4,13-14,18H2,1-3H3. The summed E-state index contributed by atoms with van der Waals surface area (Å²) in [7, 11) is 0. The molecule has 0 saturated carbocycles. The molecule has 35 heavy (non-hydrogen) atoms. The number of carbonyl (C=O) groups excluding carboxylic acids is 1. The quantitative estimate of drug-likeness (QED) is 0.290. The molecule has 0 unspecified atom stereocenters. The minimum atomic E-state index is -4.60. The Morgan fingerprint density at radius 1 is 0.829 bits per heavy atom. The normalized spacial score (nSPS) is 12.0. The molecule has 0 bridgehead atoms. The van der Waals surface area contributed by atoms with Crippen molar-refractivity contribution in [1.29, 1.82) is 0 Å². The number of amides is 1. The topological polar surface area (TPSA) is 20.3 Å². The monoisotopic (exact) mass is 521 g/mol. The lowest BCUT2D eigenvalue weighted by molar-refractivity contribution is -0.137. The predicted octanol–water partition coefficient (Wildman–Crippen LogP) is 8.58. The van der Waals surface area contributed by atoms with Crippen molar-refractivity contribution in [3.63, 3.8) is 0 Å². The van der Waals surface area contributed by atoms with Gasteiger partial charge in [0.2, 0.25) is 0 Å². The second-order valence-corrected chi connectivity index (χ2v) is 10.1. The van der Waals surface area contributed by atoms with Gasteiger partial charge in [0.1, 0.15) is 0 Å². The second-order valence-electron chi connectivity index (χ2n) is 9.26. The van der Waals surface area contributed by atoms with Crippen LogP contribution in [0.2, 0.25) is 10.0 Å². The maximum atomic E-state index is 13.4. The fraction of sp³-hybridized carbons (Fsp3) is 0.321. The summed E-state index contributed by atoms with van der Waals surface area (Å²) in [6.07, 6.45) is -3.10. The van der Waals surface area contributed by atoms with Gasteiger partial charge in [-0.05, 0) is 65.3 Å². The van der Waals surface area contributed by atoms with Gasteiger partial charge in [0.25, 0.3) is 5.91 Å². The van der Waals surface area contributed by atoms with Gasteiger partial charge >= 0.3 is 6.18 Å². The lowest BCUT2D eigenvalue weighted by Crippen LogP contribution is -2.32. The molecule has 3 rings (SSSR count). The highest BCUT2D eigenvalue weighted by molar-refractivity contribution is 6.31. The molecule has 3 aromatic rings. The average molecular weight is 522 g/mol. The van der Waals surface area contributed by atoms with Gasteiger partial charge < -0.3 is 4.90 Å². The Labute approximate surface area is 214 Å². The summed E-state index contributed by atoms with van der Waals surface area (Å²) in [5.41, 5.74) is 2.03. The van der Waals surface area contributed by atoms with Crippen molar-refractivity contribution in [1.82, 2.24) is 4.90 Å². The number of benzene rings is 3. The maximum Gasteiger partial charge on any atom is 0.416 e. The first-order valence-corrected chi connectivity index (χ1v) is 12.2. The summed E-state index contributed by atoms with van der Waals surface area (Å²) in [5, 5.41) is 0.474. The van der Waals surface area contributed by atoms with E-state index in [2.05, 4.69) is 20.8 Å². The minimum absolute atomic E-state index is 0.0252. The molecule has 1 amide bonds. The molecule has 3 aromatic carbocycles. The Kier molecular flexibility index (Phi) is 8.55. The highest BCUT2D eigenvalue weighted by atomic mass is 35.5. The van der Waals surface area contributed by atoms with E-state index in [1.807, 2.05) is 36.4 Å². The largest absolute Gasteiger partial charge is 0.416 e. The second kappa shape index (κ2) is 11.0. The summed E-state index contributed by atoms with van der Waals surface area (Å²) in [4.78, 5) is 15.0. The molecular weight excluding hydrogens is 494 g/mol. The van der Waals surface area contributed by atoms with Crippen LogP contribution in [0.5, 0.6) is 0 Å². The zero-order valence-corrected chi connectivity index (χ0v) is 21.4. The SMILES string of the molecule is CCC(C)(C)c1ccc(CN(CCc2ccc(Cl)cc2)C(=O)c2cc(Cl)cc(C(F)(F)F)c2)cc1. The van der Waals surface area contributed by atoms with Gasteiger partial charge in [-0.2, -0.15) is 13.2 Å². The van der Waals surface area contributed by atoms with Gasteiger partial charge in [0, 0.05) is 28.7 Å². The third kappa shape index (κ3) is 7.25. The fourth-order valence-corrected chi connectivity index (χ4v) is 4.07. The molecule has 0 heterocycles. The Hall–Kier alpha value is -2.50. The zero-order chi connectivity index (χ0) is 25.8. The van der Waals surface area contributed by atoms with Crippen LogP contribution in [-0.4, -0.2) is 17.4 Å². The van der Waals surface area contributed by atoms with E-state index in [-0.39, 0.29) is 22.5 Å². The smallest absolute Gasteiger partial charge is 0.334 e. The van der Waals surface area contributed by atoms with E-state index in [4.69, 9.17) is 23.2 Å². The van der Waals surface area contributed by atoms with Crippen molar-refractivity contribution < 1.29 is 18.0 Å². The number of alkyl halides is 3. The first kappa shape index (κ1) is 27.1. The minimum Gasteiger partial charge on any atom is -0.334 e. The van der Waals surface area contributed by atoms with Crippen molar-refractivity contribution in [2.75, 3.05) is 6.54 Å². The lowest BCUT2D eigenvalue weighted by Gasteiger charge is -2.26. The average Bonchev–Trinajstić information content (AvgIpc) is 2.81. The molecule has 0 N–H and O–H groups in total. The van der Waals surface area contributed by atoms with E-state index in [1.165, 1.54) is 11.6 Å². The molecule has 0 saturated heterocycles. The first-order chi connectivity index (χ1) is 16.4. The number of rotatable bonds is 8. The Balaban J connectivity index is 1.89. The highest BCUT2D eigenvalue weighted by Gasteiger charge is 2.32.